The van der Waals surface area contributed by atoms with E-state index in [9.17, 15) is 8.42 Å². The van der Waals surface area contributed by atoms with Gasteiger partial charge in [-0.3, -0.25) is 0 Å². The Morgan fingerprint density at radius 1 is 1.37 bits per heavy atom. The summed E-state index contributed by atoms with van der Waals surface area (Å²) in [7, 11) is -2.04. The molecule has 19 heavy (non-hydrogen) atoms. The van der Waals surface area contributed by atoms with Gasteiger partial charge in [-0.1, -0.05) is 31.9 Å². The van der Waals surface area contributed by atoms with Crippen molar-refractivity contribution in [1.82, 2.24) is 4.72 Å². The molecule has 4 nitrogen and oxygen atoms in total. The molecule has 108 valence electrons. The largest absolute Gasteiger partial charge is 0.383 e. The Kier molecular flexibility index (Phi) is 7.49. The van der Waals surface area contributed by atoms with Crippen LogP contribution in [0.5, 0.6) is 0 Å². The van der Waals surface area contributed by atoms with Crippen molar-refractivity contribution in [3.05, 3.63) is 27.1 Å². The third-order valence-electron chi connectivity index (χ3n) is 2.33. The zero-order valence-electron chi connectivity index (χ0n) is 10.2. The Labute approximate surface area is 138 Å². The number of rotatable bonds is 7. The smallest absolute Gasteiger partial charge is 0.242 e. The highest BCUT2D eigenvalue weighted by molar-refractivity contribution is 9.11. The molecule has 0 bridgehead atoms. The molecule has 0 radical (unpaired) electrons. The summed E-state index contributed by atoms with van der Waals surface area (Å²) >= 11 is 9.83. The van der Waals surface area contributed by atoms with Crippen LogP contribution in [0, 0.1) is 0 Å². The molecule has 1 N–H and O–H groups in total. The lowest BCUT2D eigenvalue weighted by Gasteiger charge is -2.17. The molecule has 1 aromatic rings. The Morgan fingerprint density at radius 2 is 2.05 bits per heavy atom. The molecule has 0 aliphatic rings. The number of hydrogen-bond acceptors (Lipinski definition) is 3. The van der Waals surface area contributed by atoms with Crippen LogP contribution in [0.2, 0.25) is 0 Å². The lowest BCUT2D eigenvalue weighted by molar-refractivity contribution is 0.173. The van der Waals surface area contributed by atoms with Gasteiger partial charge in [0.15, 0.2) is 0 Å². The minimum atomic E-state index is -3.58. The Balaban J connectivity index is 2.99. The highest BCUT2D eigenvalue weighted by atomic mass is 79.9. The molecular weight excluding hydrogens is 466 g/mol. The zero-order valence-corrected chi connectivity index (χ0v) is 15.8. The first-order valence-corrected chi connectivity index (χ1v) is 9.62. The normalized spacial score (nSPS) is 13.5. The second-order valence-corrected chi connectivity index (χ2v) is 8.07. The molecule has 8 heteroatoms. The summed E-state index contributed by atoms with van der Waals surface area (Å²) in [6.07, 6.45) is 0.651. The van der Waals surface area contributed by atoms with Crippen molar-refractivity contribution in [3.8, 4) is 0 Å². The van der Waals surface area contributed by atoms with E-state index in [1.165, 1.54) is 0 Å². The van der Waals surface area contributed by atoms with Crippen LogP contribution in [0.3, 0.4) is 0 Å². The average Bonchev–Trinajstić information content (AvgIpc) is 2.32. The molecule has 1 aromatic carbocycles. The van der Waals surface area contributed by atoms with Crippen LogP contribution in [-0.2, 0) is 14.8 Å². The number of alkyl halides is 1. The van der Waals surface area contributed by atoms with Crippen LogP contribution in [0.4, 0.5) is 0 Å². The monoisotopic (exact) mass is 477 g/mol. The Bertz CT molecular complexity index is 516. The standard InChI is InChI=1S/C11H14Br3NO3S/c1-18-7-9(4-5-12)15-19(16,17)11-6-8(13)2-3-10(11)14/h2-3,6,9,15H,4-5,7H2,1H3. The summed E-state index contributed by atoms with van der Waals surface area (Å²) in [5.74, 6) is 0. The SMILES string of the molecule is COCC(CCBr)NS(=O)(=O)c1cc(Br)ccc1Br. The van der Waals surface area contributed by atoms with Gasteiger partial charge in [0.05, 0.1) is 11.5 Å². The first kappa shape index (κ1) is 17.6. The quantitative estimate of drug-likeness (QED) is 0.610. The number of nitrogens with one attached hydrogen (secondary N) is 1. The number of hydrogen-bond donors (Lipinski definition) is 1. The number of sulfonamides is 1. The third kappa shape index (κ3) is 5.43. The lowest BCUT2D eigenvalue weighted by Crippen LogP contribution is -2.38. The second kappa shape index (κ2) is 8.09. The molecule has 1 atom stereocenters. The average molecular weight is 480 g/mol. The van der Waals surface area contributed by atoms with Crippen molar-refractivity contribution in [2.24, 2.45) is 0 Å². The van der Waals surface area contributed by atoms with Crippen LogP contribution in [-0.4, -0.2) is 33.5 Å². The molecule has 1 rings (SSSR count). The van der Waals surface area contributed by atoms with Crippen molar-refractivity contribution in [3.63, 3.8) is 0 Å². The summed E-state index contributed by atoms with van der Waals surface area (Å²) in [5.41, 5.74) is 0. The topological polar surface area (TPSA) is 55.4 Å². The van der Waals surface area contributed by atoms with Gasteiger partial charge in [-0.05, 0) is 40.5 Å². The zero-order chi connectivity index (χ0) is 14.5. The fourth-order valence-electron chi connectivity index (χ4n) is 1.48. The van der Waals surface area contributed by atoms with Gasteiger partial charge in [0, 0.05) is 27.4 Å². The molecule has 0 saturated heterocycles. The molecular formula is C11H14Br3NO3S. The van der Waals surface area contributed by atoms with E-state index in [4.69, 9.17) is 4.74 Å². The van der Waals surface area contributed by atoms with Gasteiger partial charge in [0.2, 0.25) is 10.0 Å². The summed E-state index contributed by atoms with van der Waals surface area (Å²) in [4.78, 5) is 0.206. The molecule has 0 spiro atoms. The Morgan fingerprint density at radius 3 is 2.63 bits per heavy atom. The summed E-state index contributed by atoms with van der Waals surface area (Å²) in [6, 6.07) is 4.76. The van der Waals surface area contributed by atoms with Gasteiger partial charge in [-0.25, -0.2) is 13.1 Å². The van der Waals surface area contributed by atoms with E-state index in [0.717, 1.165) is 0 Å². The van der Waals surface area contributed by atoms with E-state index < -0.39 is 10.0 Å². The van der Waals surface area contributed by atoms with E-state index in [1.807, 2.05) is 0 Å². The van der Waals surface area contributed by atoms with Gasteiger partial charge >= 0.3 is 0 Å². The first-order valence-electron chi connectivity index (χ1n) is 5.43. The van der Waals surface area contributed by atoms with E-state index in [2.05, 4.69) is 52.5 Å². The summed E-state index contributed by atoms with van der Waals surface area (Å²) in [6.45, 7) is 0.330. The maximum Gasteiger partial charge on any atom is 0.242 e. The third-order valence-corrected chi connectivity index (χ3v) is 5.80. The van der Waals surface area contributed by atoms with Crippen molar-refractivity contribution in [2.75, 3.05) is 19.0 Å². The summed E-state index contributed by atoms with van der Waals surface area (Å²) in [5, 5.41) is 0.698. The molecule has 1 unspecified atom stereocenters. The molecule has 0 heterocycles. The van der Waals surface area contributed by atoms with Crippen LogP contribution in [0.1, 0.15) is 6.42 Å². The fraction of sp³-hybridized carbons (Fsp3) is 0.455. The maximum absolute atomic E-state index is 12.3. The highest BCUT2D eigenvalue weighted by Gasteiger charge is 2.22. The van der Waals surface area contributed by atoms with E-state index in [0.29, 0.717) is 27.3 Å². The summed E-state index contributed by atoms with van der Waals surface area (Å²) < 4.78 is 33.6. The van der Waals surface area contributed by atoms with Crippen LogP contribution in [0.25, 0.3) is 0 Å². The predicted molar refractivity (Wildman–Crippen MR) is 86.2 cm³/mol. The van der Waals surface area contributed by atoms with Gasteiger partial charge in [-0.15, -0.1) is 0 Å². The molecule has 0 aliphatic carbocycles. The van der Waals surface area contributed by atoms with Crippen molar-refractivity contribution < 1.29 is 13.2 Å². The first-order chi connectivity index (χ1) is 8.90. The Hall–Kier alpha value is 0.530. The second-order valence-electron chi connectivity index (χ2n) is 3.83. The van der Waals surface area contributed by atoms with Crippen molar-refractivity contribution in [1.29, 1.82) is 0 Å². The minimum absolute atomic E-state index is 0.206. The molecule has 0 fully saturated rings. The van der Waals surface area contributed by atoms with Crippen LogP contribution >= 0.6 is 47.8 Å². The van der Waals surface area contributed by atoms with Crippen molar-refractivity contribution in [2.45, 2.75) is 17.4 Å². The fourth-order valence-corrected chi connectivity index (χ4v) is 4.78. The molecule has 0 aromatic heterocycles. The number of halogens is 3. The number of methoxy groups -OCH3 is 1. The van der Waals surface area contributed by atoms with Gasteiger partial charge in [0.1, 0.15) is 0 Å². The molecule has 0 aliphatic heterocycles. The van der Waals surface area contributed by atoms with Gasteiger partial charge < -0.3 is 4.74 Å². The van der Waals surface area contributed by atoms with Gasteiger partial charge in [-0.2, -0.15) is 0 Å². The van der Waals surface area contributed by atoms with E-state index in [1.54, 1.807) is 25.3 Å². The number of ether oxygens (including phenoxy) is 1. The molecule has 0 saturated carbocycles. The van der Waals surface area contributed by atoms with Crippen LogP contribution < -0.4 is 4.72 Å². The highest BCUT2D eigenvalue weighted by Crippen LogP contribution is 2.25. The maximum atomic E-state index is 12.3. The number of benzene rings is 1. The van der Waals surface area contributed by atoms with E-state index in [-0.39, 0.29) is 10.9 Å². The predicted octanol–water partition coefficient (Wildman–Crippen LogP) is 3.29. The minimum Gasteiger partial charge on any atom is -0.383 e. The van der Waals surface area contributed by atoms with E-state index >= 15 is 0 Å². The van der Waals surface area contributed by atoms with Crippen LogP contribution in [0.15, 0.2) is 32.0 Å². The van der Waals surface area contributed by atoms with Crippen molar-refractivity contribution >= 4 is 57.8 Å². The molecule has 0 amide bonds. The van der Waals surface area contributed by atoms with Gasteiger partial charge in [0.25, 0.3) is 0 Å². The lowest BCUT2D eigenvalue weighted by atomic mass is 10.3.